The maximum Gasteiger partial charge on any atom is 0.244 e. The summed E-state index contributed by atoms with van der Waals surface area (Å²) in [5.41, 5.74) is 2.28. The quantitative estimate of drug-likeness (QED) is 0.667. The molecule has 1 N–H and O–H groups in total. The summed E-state index contributed by atoms with van der Waals surface area (Å²) in [6.07, 6.45) is 3.16. The van der Waals surface area contributed by atoms with Gasteiger partial charge in [0.2, 0.25) is 19.5 Å². The van der Waals surface area contributed by atoms with E-state index in [0.717, 1.165) is 11.1 Å². The summed E-state index contributed by atoms with van der Waals surface area (Å²) in [5.74, 6) is 3.10. The zero-order valence-corrected chi connectivity index (χ0v) is 15.2. The Morgan fingerprint density at radius 2 is 1.66 bits per heavy atom. The molecule has 2 aromatic carbocycles. The van der Waals surface area contributed by atoms with E-state index in [1.54, 1.807) is 12.1 Å². The van der Waals surface area contributed by atoms with Gasteiger partial charge in [-0.25, -0.2) is 0 Å². The van der Waals surface area contributed by atoms with E-state index in [1.807, 2.05) is 36.4 Å². The predicted molar refractivity (Wildman–Crippen MR) is 102 cm³/mol. The smallest absolute Gasteiger partial charge is 0.244 e. The van der Waals surface area contributed by atoms with E-state index in [2.05, 4.69) is 10.5 Å². The summed E-state index contributed by atoms with van der Waals surface area (Å²) in [7, 11) is 0. The normalized spacial score (nSPS) is 13.8. The van der Waals surface area contributed by atoms with Gasteiger partial charge in [0.15, 0.2) is 28.8 Å². The van der Waals surface area contributed by atoms with Crippen molar-refractivity contribution in [2.24, 2.45) is 0 Å². The van der Waals surface area contributed by atoms with E-state index in [9.17, 15) is 4.79 Å². The Kier molecular flexibility index (Phi) is 4.28. The van der Waals surface area contributed by atoms with Gasteiger partial charge in [0.1, 0.15) is 5.69 Å². The number of carbonyl (C=O) groups is 1. The molecule has 0 saturated carbocycles. The van der Waals surface area contributed by atoms with Gasteiger partial charge in [-0.15, -0.1) is 0 Å². The zero-order chi connectivity index (χ0) is 19.6. The van der Waals surface area contributed by atoms with Gasteiger partial charge in [-0.3, -0.25) is 4.79 Å². The second kappa shape index (κ2) is 7.23. The highest BCUT2D eigenvalue weighted by molar-refractivity contribution is 5.91. The molecule has 3 heterocycles. The minimum atomic E-state index is -0.240. The maximum atomic E-state index is 12.1. The molecular weight excluding hydrogens is 376 g/mol. The van der Waals surface area contributed by atoms with E-state index < -0.39 is 0 Å². The fraction of sp³-hybridized carbons (Fsp3) is 0.143. The Labute approximate surface area is 165 Å². The molecule has 29 heavy (non-hydrogen) atoms. The fourth-order valence-corrected chi connectivity index (χ4v) is 3.01. The van der Waals surface area contributed by atoms with Crippen LogP contribution in [0.1, 0.15) is 11.3 Å². The van der Waals surface area contributed by atoms with E-state index in [0.29, 0.717) is 34.5 Å². The predicted octanol–water partition coefficient (Wildman–Crippen LogP) is 3.13. The van der Waals surface area contributed by atoms with Gasteiger partial charge in [-0.05, 0) is 42.0 Å². The number of benzene rings is 2. The molecule has 0 radical (unpaired) electrons. The SMILES string of the molecule is O=C(/C=C\c1ccc2c(c1)OCO2)NCc1cc(-c2ccc3c(c2)OCO3)on1. The number of hydrogen-bond acceptors (Lipinski definition) is 7. The molecule has 8 nitrogen and oxygen atoms in total. The van der Waals surface area contributed by atoms with Crippen molar-refractivity contribution in [1.29, 1.82) is 0 Å². The lowest BCUT2D eigenvalue weighted by Crippen LogP contribution is -2.20. The molecule has 0 spiro atoms. The third-order valence-corrected chi connectivity index (χ3v) is 4.48. The van der Waals surface area contributed by atoms with Gasteiger partial charge in [-0.2, -0.15) is 0 Å². The van der Waals surface area contributed by atoms with E-state index in [1.165, 1.54) is 6.08 Å². The van der Waals surface area contributed by atoms with E-state index in [-0.39, 0.29) is 26.0 Å². The summed E-state index contributed by atoms with van der Waals surface area (Å²) in [4.78, 5) is 12.1. The summed E-state index contributed by atoms with van der Waals surface area (Å²) in [5, 5.41) is 6.78. The summed E-state index contributed by atoms with van der Waals surface area (Å²) in [6.45, 7) is 0.680. The van der Waals surface area contributed by atoms with Crippen molar-refractivity contribution in [3.8, 4) is 34.3 Å². The molecule has 0 aliphatic carbocycles. The lowest BCUT2D eigenvalue weighted by molar-refractivity contribution is -0.116. The third kappa shape index (κ3) is 3.60. The molecule has 146 valence electrons. The number of fused-ring (bicyclic) bond motifs is 2. The number of rotatable bonds is 5. The van der Waals surface area contributed by atoms with Gasteiger partial charge in [0.05, 0.1) is 6.54 Å². The highest BCUT2D eigenvalue weighted by Gasteiger charge is 2.16. The molecular formula is C21H16N2O6. The Morgan fingerprint density at radius 1 is 0.931 bits per heavy atom. The summed E-state index contributed by atoms with van der Waals surface area (Å²) < 4.78 is 26.6. The van der Waals surface area contributed by atoms with Crippen LogP contribution in [0.15, 0.2) is 53.1 Å². The van der Waals surface area contributed by atoms with Crippen LogP contribution < -0.4 is 24.3 Å². The van der Waals surface area contributed by atoms with Gasteiger partial charge in [-0.1, -0.05) is 11.2 Å². The highest BCUT2D eigenvalue weighted by Crippen LogP contribution is 2.36. The Bertz CT molecular complexity index is 1100. The van der Waals surface area contributed by atoms with Crippen molar-refractivity contribution in [3.63, 3.8) is 0 Å². The standard InChI is InChI=1S/C21H16N2O6/c24-21(6-2-13-1-4-16-19(7-13)27-11-25-16)22-10-15-9-18(29-23-15)14-3-5-17-20(8-14)28-12-26-17/h1-9H,10-12H2,(H,22,24)/b6-2-. The lowest BCUT2D eigenvalue weighted by Gasteiger charge is -1.99. The molecule has 0 saturated heterocycles. The minimum Gasteiger partial charge on any atom is -0.454 e. The van der Waals surface area contributed by atoms with Crippen LogP contribution in [-0.4, -0.2) is 24.6 Å². The first-order chi connectivity index (χ1) is 14.2. The molecule has 1 aromatic heterocycles. The van der Waals surface area contributed by atoms with E-state index >= 15 is 0 Å². The van der Waals surface area contributed by atoms with Crippen LogP contribution >= 0.6 is 0 Å². The number of hydrogen-bond donors (Lipinski definition) is 1. The zero-order valence-electron chi connectivity index (χ0n) is 15.2. The number of amides is 1. The molecule has 0 atom stereocenters. The molecule has 0 fully saturated rings. The molecule has 0 bridgehead atoms. The first-order valence-corrected chi connectivity index (χ1v) is 8.96. The topological polar surface area (TPSA) is 92.1 Å². The van der Waals surface area contributed by atoms with Crippen LogP contribution in [0.5, 0.6) is 23.0 Å². The van der Waals surface area contributed by atoms with Gasteiger partial charge in [0.25, 0.3) is 0 Å². The Morgan fingerprint density at radius 3 is 2.48 bits per heavy atom. The van der Waals surface area contributed by atoms with Crippen LogP contribution in [0.2, 0.25) is 0 Å². The second-order valence-electron chi connectivity index (χ2n) is 6.41. The van der Waals surface area contributed by atoms with Crippen molar-refractivity contribution in [2.45, 2.75) is 6.54 Å². The van der Waals surface area contributed by atoms with Crippen molar-refractivity contribution < 1.29 is 28.3 Å². The molecule has 8 heteroatoms. The highest BCUT2D eigenvalue weighted by atomic mass is 16.7. The van der Waals surface area contributed by atoms with Crippen LogP contribution in [-0.2, 0) is 11.3 Å². The number of aromatic nitrogens is 1. The Hall–Kier alpha value is -3.94. The third-order valence-electron chi connectivity index (χ3n) is 4.48. The first-order valence-electron chi connectivity index (χ1n) is 8.96. The van der Waals surface area contributed by atoms with Crippen molar-refractivity contribution >= 4 is 12.0 Å². The van der Waals surface area contributed by atoms with Crippen LogP contribution in [0, 0.1) is 0 Å². The van der Waals surface area contributed by atoms with Gasteiger partial charge >= 0.3 is 0 Å². The van der Waals surface area contributed by atoms with Crippen LogP contribution in [0.3, 0.4) is 0 Å². The second-order valence-corrected chi connectivity index (χ2v) is 6.41. The van der Waals surface area contributed by atoms with Gasteiger partial charge < -0.3 is 28.8 Å². The molecule has 2 aliphatic rings. The molecule has 0 unspecified atom stereocenters. The number of nitrogens with zero attached hydrogens (tertiary/aromatic N) is 1. The maximum absolute atomic E-state index is 12.1. The van der Waals surface area contributed by atoms with Crippen LogP contribution in [0.4, 0.5) is 0 Å². The number of nitrogens with one attached hydrogen (secondary N) is 1. The Balaban J connectivity index is 1.19. The van der Waals surface area contributed by atoms with Crippen molar-refractivity contribution in [2.75, 3.05) is 13.6 Å². The average molecular weight is 392 g/mol. The first kappa shape index (κ1) is 17.2. The summed E-state index contributed by atoms with van der Waals surface area (Å²) in [6, 6.07) is 12.8. The van der Waals surface area contributed by atoms with Crippen LogP contribution in [0.25, 0.3) is 17.4 Å². The molecule has 2 aliphatic heterocycles. The minimum absolute atomic E-state index is 0.215. The molecule has 5 rings (SSSR count). The monoisotopic (exact) mass is 392 g/mol. The van der Waals surface area contributed by atoms with Crippen molar-refractivity contribution in [1.82, 2.24) is 10.5 Å². The summed E-state index contributed by atoms with van der Waals surface area (Å²) >= 11 is 0. The molecule has 3 aromatic rings. The molecule has 1 amide bonds. The fourth-order valence-electron chi connectivity index (χ4n) is 3.01. The van der Waals surface area contributed by atoms with Gasteiger partial charge in [0, 0.05) is 17.7 Å². The lowest BCUT2D eigenvalue weighted by atomic mass is 10.1. The number of ether oxygens (including phenoxy) is 4. The van der Waals surface area contributed by atoms with Crippen molar-refractivity contribution in [3.05, 3.63) is 59.8 Å². The van der Waals surface area contributed by atoms with E-state index in [4.69, 9.17) is 23.5 Å². The number of carbonyl (C=O) groups excluding carboxylic acids is 1. The largest absolute Gasteiger partial charge is 0.454 e. The average Bonchev–Trinajstić information content (AvgIpc) is 3.49.